The first kappa shape index (κ1) is 44.1. The summed E-state index contributed by atoms with van der Waals surface area (Å²) in [5, 5.41) is 0.988. The predicted molar refractivity (Wildman–Crippen MR) is 265 cm³/mol. The lowest BCUT2D eigenvalue weighted by molar-refractivity contribution is 0.112. The maximum atomic E-state index is 10.5. The lowest BCUT2D eigenvalue weighted by Crippen LogP contribution is -1.72. The van der Waals surface area contributed by atoms with Gasteiger partial charge in [-0.25, -0.2) is 0 Å². The summed E-state index contributed by atoms with van der Waals surface area (Å²) in [4.78, 5) is 13.5. The minimum absolute atomic E-state index is 0.723. The second kappa shape index (κ2) is 36.3. The van der Waals surface area contributed by atoms with Gasteiger partial charge in [0.25, 0.3) is 0 Å². The largest absolute Gasteiger partial charge is 0.360 e. The van der Waals surface area contributed by atoms with Crippen molar-refractivity contribution in [3.05, 3.63) is 36.0 Å². The average molecular weight is 1110 g/mol. The first-order valence-electron chi connectivity index (χ1n) is 8.26. The van der Waals surface area contributed by atoms with E-state index in [9.17, 15) is 4.79 Å². The highest BCUT2D eigenvalue weighted by atomic mass is 33.5. The van der Waals surface area contributed by atoms with Gasteiger partial charge in [0.1, 0.15) is 0 Å². The van der Waals surface area contributed by atoms with Crippen molar-refractivity contribution in [2.75, 3.05) is 0 Å². The summed E-state index contributed by atoms with van der Waals surface area (Å²) in [5.41, 5.74) is 1.73. The molecule has 0 atom stereocenters. The number of hydrogen-bond acceptors (Lipinski definition) is 3. The van der Waals surface area contributed by atoms with Gasteiger partial charge in [0.05, 0.1) is 0 Å². The smallest absolute Gasteiger partial charge is 0.152 e. The number of para-hydroxylation sites is 1. The van der Waals surface area contributed by atoms with Crippen molar-refractivity contribution >= 4 is 288 Å². The Balaban J connectivity index is 0.000000622. The Bertz CT molecular complexity index is 2340. The number of aromatic amines is 1. The first-order valence-corrected chi connectivity index (χ1v) is 46.9. The van der Waals surface area contributed by atoms with Gasteiger partial charge in [-0.15, -0.1) is 0 Å². The number of carbonyl (C=O) groups excluding carboxylic acids is 1. The van der Waals surface area contributed by atoms with E-state index in [-0.39, 0.29) is 0 Å². The zero-order valence-corrected chi connectivity index (χ0v) is 42.6. The molecule has 1 N–H and O–H groups in total. The molecule has 2 nitrogen and oxygen atoms in total. The topological polar surface area (TPSA) is 32.9 Å². The summed E-state index contributed by atoms with van der Waals surface area (Å²) in [7, 11) is 49.1. The van der Waals surface area contributed by atoms with E-state index in [0.29, 0.717) is 0 Å². The molecule has 0 saturated carbocycles. The molecule has 0 spiro atoms. The Labute approximate surface area is 326 Å². The minimum atomic E-state index is 0.723. The van der Waals surface area contributed by atoms with Crippen molar-refractivity contribution in [2.24, 2.45) is 0 Å². The van der Waals surface area contributed by atoms with Crippen LogP contribution in [0.3, 0.4) is 0 Å². The fourth-order valence-electron chi connectivity index (χ4n) is 1.49. The minimum Gasteiger partial charge on any atom is -0.360 e. The fraction of sp³-hybridized carbons (Fsp3) is 0. The second-order valence-electron chi connectivity index (χ2n) is 4.31. The van der Waals surface area contributed by atoms with Gasteiger partial charge in [-0.05, 0) is 6.07 Å². The zero-order valence-electron chi connectivity index (χ0n) is 18.1. The Morgan fingerprint density at radius 3 is 1.05 bits per heavy atom. The van der Waals surface area contributed by atoms with Gasteiger partial charge < -0.3 is 4.98 Å². The van der Waals surface area contributed by atoms with E-state index in [1.54, 1.807) is 131 Å². The molecular weight excluding hydrogens is 1100 g/mol. The van der Waals surface area contributed by atoms with Gasteiger partial charge in [0.2, 0.25) is 0 Å². The summed E-state index contributed by atoms with van der Waals surface area (Å²) < 4.78 is 0. The summed E-state index contributed by atoms with van der Waals surface area (Å²) >= 11 is 9.57. The van der Waals surface area contributed by atoms with Crippen LogP contribution < -0.4 is 0 Å². The number of fused-ring (bicyclic) bond motifs is 1. The lowest BCUT2D eigenvalue weighted by Gasteiger charge is -1.86. The van der Waals surface area contributed by atoms with Crippen molar-refractivity contribution in [3.8, 4) is 0 Å². The van der Waals surface area contributed by atoms with E-state index in [1.807, 2.05) is 131 Å². The van der Waals surface area contributed by atoms with Crippen LogP contribution in [0.5, 0.6) is 0 Å². The van der Waals surface area contributed by atoms with E-state index in [0.717, 1.165) is 22.8 Å². The molecule has 2 rings (SSSR count). The number of benzene rings is 1. The number of hydrogen-bond donors (Lipinski definition) is 1. The molecule has 0 aliphatic heterocycles. The summed E-state index contributed by atoms with van der Waals surface area (Å²) in [6.07, 6.45) is 2.58. The van der Waals surface area contributed by atoms with Crippen LogP contribution in [0.2, 0.25) is 0 Å². The molecule has 1 aromatic carbocycles. The van der Waals surface area contributed by atoms with Gasteiger partial charge in [-0.3, -0.25) is 4.79 Å². The maximum absolute atomic E-state index is 10.5. The quantitative estimate of drug-likeness (QED) is 0.444. The van der Waals surface area contributed by atoms with Crippen molar-refractivity contribution in [1.82, 2.24) is 4.98 Å². The Morgan fingerprint density at radius 2 is 0.756 bits per heavy atom. The van der Waals surface area contributed by atoms with E-state index in [2.05, 4.69) is 4.98 Å². The fourth-order valence-corrected chi connectivity index (χ4v) is 72.8. The van der Waals surface area contributed by atoms with Gasteiger partial charge in [0.15, 0.2) is 6.29 Å². The van der Waals surface area contributed by atoms with Crippen molar-refractivity contribution in [3.63, 3.8) is 0 Å². The molecule has 41 heavy (non-hydrogen) atoms. The first-order chi connectivity index (χ1) is 20.3. The molecule has 1 aromatic heterocycles. The number of rotatable bonds is 1. The number of H-pyrrole nitrogens is 1. The number of nitrogens with one attached hydrogen (secondary N) is 1. The Morgan fingerprint density at radius 1 is 0.463 bits per heavy atom. The van der Waals surface area contributed by atoms with Crippen molar-refractivity contribution in [1.29, 1.82) is 0 Å². The number of aromatic nitrogens is 1. The van der Waals surface area contributed by atoms with E-state index < -0.39 is 0 Å². The van der Waals surface area contributed by atoms with E-state index in [1.165, 1.54) is 17.8 Å². The summed E-state index contributed by atoms with van der Waals surface area (Å²) in [6, 6.07) is 7.73. The van der Waals surface area contributed by atoms with E-state index >= 15 is 0 Å². The second-order valence-corrected chi connectivity index (χ2v) is 53.8. The monoisotopic (exact) mass is 1100 g/mol. The van der Waals surface area contributed by atoms with Crippen LogP contribution >= 0.6 is 0 Å². The normalized spacial score (nSPS) is 8.29. The third kappa shape index (κ3) is 28.6. The van der Waals surface area contributed by atoms with Gasteiger partial charge in [-0.1, -0.05) is 18.2 Å². The molecule has 0 aliphatic carbocycles. The highest BCUT2D eigenvalue weighted by Gasteiger charge is 1.98. The van der Waals surface area contributed by atoms with Gasteiger partial charge >= 0.3 is 0 Å². The molecular formula is C9H7NOS30. The average Bonchev–Trinajstić information content (AvgIpc) is 3.43. The molecule has 0 fully saturated rings. The third-order valence-electron chi connectivity index (χ3n) is 2.50. The molecule has 0 bridgehead atoms. The van der Waals surface area contributed by atoms with Crippen LogP contribution in [0.1, 0.15) is 10.4 Å². The highest BCUT2D eigenvalue weighted by Crippen LogP contribution is 2.14. The van der Waals surface area contributed by atoms with Crippen LogP contribution in [0.25, 0.3) is 10.9 Å². The number of aldehydes is 1. The highest BCUT2D eigenvalue weighted by molar-refractivity contribution is 8.80. The molecule has 0 unspecified atom stereocenters. The van der Waals surface area contributed by atoms with Crippen LogP contribution in [-0.2, 0) is 271 Å². The summed E-state index contributed by atoms with van der Waals surface area (Å²) in [5.74, 6) is 0. The molecule has 32 heteroatoms. The molecule has 0 amide bonds. The van der Waals surface area contributed by atoms with Crippen LogP contribution in [0.15, 0.2) is 30.5 Å². The molecule has 1 heterocycles. The van der Waals surface area contributed by atoms with Gasteiger partial charge in [-0.2, -0.15) is 0 Å². The van der Waals surface area contributed by atoms with Gasteiger partial charge in [0, 0.05) is 294 Å². The Kier molecular flexibility index (Phi) is 39.0. The Hall–Kier alpha value is 5.03. The zero-order chi connectivity index (χ0) is 29.5. The molecule has 0 radical (unpaired) electrons. The van der Waals surface area contributed by atoms with Crippen LogP contribution in [-0.4, -0.2) is 11.3 Å². The molecule has 0 aliphatic rings. The summed E-state index contributed by atoms with van der Waals surface area (Å²) in [6.45, 7) is 0. The van der Waals surface area contributed by atoms with E-state index in [4.69, 9.17) is 22.4 Å². The molecule has 234 valence electrons. The lowest BCUT2D eigenvalue weighted by atomic mass is 10.2. The third-order valence-corrected chi connectivity index (χ3v) is 62.5. The molecule has 2 aromatic rings. The number of carbonyl (C=O) groups is 1. The SMILES string of the molecule is O=Cc1c[nH]c2ccccc12.S=S=S=S=S=S=S=S=S=S=S=S=S=S=S=S=S=S=S=S=S=S=S=S=S=S=S=S=S=S. The van der Waals surface area contributed by atoms with Crippen LogP contribution in [0, 0.1) is 0 Å². The molecule has 0 saturated heterocycles. The predicted octanol–water partition coefficient (Wildman–Crippen LogP) is 1.91. The van der Waals surface area contributed by atoms with Crippen molar-refractivity contribution < 1.29 is 4.79 Å². The maximum Gasteiger partial charge on any atom is 0.152 e. The standard InChI is InChI=1S/C9H7NO.S30/c11-6-7-5-10-9-4-2-1-3-8(7)9;1-3-5-7-9-11-13-15-17-19-21-23-25-27-29-30-28-26-24-22-20-18-16-14-12-10-8-6-4-2/h1-6,10H;. The van der Waals surface area contributed by atoms with Crippen LogP contribution in [0.4, 0.5) is 0 Å². The van der Waals surface area contributed by atoms with Crippen molar-refractivity contribution in [2.45, 2.75) is 0 Å².